The summed E-state index contributed by atoms with van der Waals surface area (Å²) in [6.45, 7) is 2.55. The van der Waals surface area contributed by atoms with Gasteiger partial charge in [-0.3, -0.25) is 20.4 Å². The van der Waals surface area contributed by atoms with Crippen molar-refractivity contribution >= 4 is 23.4 Å². The van der Waals surface area contributed by atoms with Gasteiger partial charge in [-0.2, -0.15) is 0 Å². The number of halogens is 1. The molecule has 2 N–H and O–H groups in total. The molecule has 156 valence electrons. The third-order valence-electron chi connectivity index (χ3n) is 4.06. The molecule has 0 fully saturated rings. The summed E-state index contributed by atoms with van der Waals surface area (Å²) in [5.74, 6) is 0.821. The Bertz CT molecular complexity index is 857. The van der Waals surface area contributed by atoms with E-state index in [4.69, 9.17) is 25.8 Å². The van der Waals surface area contributed by atoms with Crippen molar-refractivity contribution in [1.29, 1.82) is 0 Å². The summed E-state index contributed by atoms with van der Waals surface area (Å²) in [7, 11) is 3.04. The van der Waals surface area contributed by atoms with Crippen LogP contribution in [0.3, 0.4) is 0 Å². The van der Waals surface area contributed by atoms with E-state index in [2.05, 4.69) is 10.9 Å². The quantitative estimate of drug-likeness (QED) is 0.606. The molecule has 0 aliphatic heterocycles. The van der Waals surface area contributed by atoms with E-state index in [9.17, 15) is 9.59 Å². The van der Waals surface area contributed by atoms with Gasteiger partial charge >= 0.3 is 0 Å². The van der Waals surface area contributed by atoms with Crippen molar-refractivity contribution in [3.8, 4) is 17.2 Å². The zero-order chi connectivity index (χ0) is 21.2. The molecule has 0 aliphatic carbocycles. The number of hydrazine groups is 1. The van der Waals surface area contributed by atoms with Crippen LogP contribution in [0.1, 0.15) is 35.7 Å². The number of benzene rings is 2. The van der Waals surface area contributed by atoms with E-state index in [1.165, 1.54) is 7.11 Å². The lowest BCUT2D eigenvalue weighted by Crippen LogP contribution is -2.41. The smallest absolute Gasteiger partial charge is 0.269 e. The number of ether oxygens (including phenoxy) is 3. The van der Waals surface area contributed by atoms with Crippen LogP contribution in [0.4, 0.5) is 0 Å². The van der Waals surface area contributed by atoms with Crippen LogP contribution >= 0.6 is 11.6 Å². The molecule has 0 atom stereocenters. The number of aryl methyl sites for hydroxylation is 1. The van der Waals surface area contributed by atoms with E-state index in [1.807, 2.05) is 13.0 Å². The summed E-state index contributed by atoms with van der Waals surface area (Å²) in [4.78, 5) is 24.3. The number of carbonyl (C=O) groups is 2. The van der Waals surface area contributed by atoms with Crippen LogP contribution in [0.15, 0.2) is 36.4 Å². The van der Waals surface area contributed by atoms with Crippen LogP contribution in [0.25, 0.3) is 0 Å². The molecule has 0 aliphatic rings. The topological polar surface area (TPSA) is 85.9 Å². The lowest BCUT2D eigenvalue weighted by molar-refractivity contribution is -0.121. The highest BCUT2D eigenvalue weighted by atomic mass is 35.5. The number of nitrogens with one attached hydrogen (secondary N) is 2. The molecule has 2 amide bonds. The molecule has 2 aromatic rings. The summed E-state index contributed by atoms with van der Waals surface area (Å²) in [6, 6.07) is 10.2. The molecule has 0 radical (unpaired) electrons. The first kappa shape index (κ1) is 22.4. The fourth-order valence-corrected chi connectivity index (χ4v) is 2.80. The fourth-order valence-electron chi connectivity index (χ4n) is 2.52. The SMILES string of the molecule is CCCOc1ccc(C(=O)NNC(=O)CCc2ccc(OC)c(Cl)c2)cc1OC. The Labute approximate surface area is 175 Å². The second kappa shape index (κ2) is 11.2. The van der Waals surface area contributed by atoms with Gasteiger partial charge in [-0.1, -0.05) is 24.6 Å². The number of hydrogen-bond acceptors (Lipinski definition) is 5. The third-order valence-corrected chi connectivity index (χ3v) is 4.36. The molecule has 2 aromatic carbocycles. The molecule has 0 bridgehead atoms. The fraction of sp³-hybridized carbons (Fsp3) is 0.333. The van der Waals surface area contributed by atoms with Gasteiger partial charge in [-0.15, -0.1) is 0 Å². The van der Waals surface area contributed by atoms with E-state index in [-0.39, 0.29) is 12.3 Å². The van der Waals surface area contributed by atoms with Crippen molar-refractivity contribution in [2.24, 2.45) is 0 Å². The maximum absolute atomic E-state index is 12.3. The van der Waals surface area contributed by atoms with Crippen molar-refractivity contribution in [3.05, 3.63) is 52.5 Å². The summed E-state index contributed by atoms with van der Waals surface area (Å²) >= 11 is 6.08. The summed E-state index contributed by atoms with van der Waals surface area (Å²) in [6.07, 6.45) is 1.53. The average molecular weight is 421 g/mol. The van der Waals surface area contributed by atoms with Crippen LogP contribution in [0, 0.1) is 0 Å². The molecule has 7 nitrogen and oxygen atoms in total. The van der Waals surface area contributed by atoms with E-state index < -0.39 is 5.91 Å². The molecule has 29 heavy (non-hydrogen) atoms. The molecule has 8 heteroatoms. The predicted octanol–water partition coefficient (Wildman–Crippen LogP) is 3.54. The molecule has 0 aromatic heterocycles. The van der Waals surface area contributed by atoms with Crippen molar-refractivity contribution < 1.29 is 23.8 Å². The minimum Gasteiger partial charge on any atom is -0.495 e. The van der Waals surface area contributed by atoms with E-state index >= 15 is 0 Å². The van der Waals surface area contributed by atoms with Crippen molar-refractivity contribution in [2.45, 2.75) is 26.2 Å². The van der Waals surface area contributed by atoms with Crippen LogP contribution < -0.4 is 25.1 Å². The maximum atomic E-state index is 12.3. The zero-order valence-electron chi connectivity index (χ0n) is 16.7. The maximum Gasteiger partial charge on any atom is 0.269 e. The number of hydrogen-bond donors (Lipinski definition) is 2. The molecule has 0 saturated heterocycles. The molecule has 0 heterocycles. The largest absolute Gasteiger partial charge is 0.495 e. The van der Waals surface area contributed by atoms with Gasteiger partial charge in [-0.05, 0) is 48.7 Å². The van der Waals surface area contributed by atoms with Gasteiger partial charge < -0.3 is 14.2 Å². The minimum absolute atomic E-state index is 0.191. The van der Waals surface area contributed by atoms with Crippen molar-refractivity contribution in [3.63, 3.8) is 0 Å². The van der Waals surface area contributed by atoms with Crippen LogP contribution in [0.5, 0.6) is 17.2 Å². The van der Waals surface area contributed by atoms with Crippen molar-refractivity contribution in [1.82, 2.24) is 10.9 Å². The Hall–Kier alpha value is -2.93. The van der Waals surface area contributed by atoms with Gasteiger partial charge in [-0.25, -0.2) is 0 Å². The summed E-state index contributed by atoms with van der Waals surface area (Å²) in [5, 5.41) is 0.485. The van der Waals surface area contributed by atoms with Gasteiger partial charge in [0.15, 0.2) is 11.5 Å². The number of methoxy groups -OCH3 is 2. The van der Waals surface area contributed by atoms with Gasteiger partial charge in [0.05, 0.1) is 25.8 Å². The Kier molecular flexibility index (Phi) is 8.61. The Morgan fingerprint density at radius 2 is 1.69 bits per heavy atom. The first-order valence-corrected chi connectivity index (χ1v) is 9.58. The molecular weight excluding hydrogens is 396 g/mol. The molecular formula is C21H25ClN2O5. The number of rotatable bonds is 9. The highest BCUT2D eigenvalue weighted by Gasteiger charge is 2.12. The number of amides is 2. The van der Waals surface area contributed by atoms with Crippen LogP contribution in [0.2, 0.25) is 5.02 Å². The van der Waals surface area contributed by atoms with Crippen molar-refractivity contribution in [2.75, 3.05) is 20.8 Å². The predicted molar refractivity (Wildman–Crippen MR) is 111 cm³/mol. The normalized spacial score (nSPS) is 10.2. The van der Waals surface area contributed by atoms with Gasteiger partial charge in [0, 0.05) is 12.0 Å². The van der Waals surface area contributed by atoms with Crippen LogP contribution in [-0.4, -0.2) is 32.6 Å². The van der Waals surface area contributed by atoms with Gasteiger partial charge in [0.25, 0.3) is 5.91 Å². The standard InChI is InChI=1S/C21H25ClN2O5/c1-4-11-29-18-9-7-15(13-19(18)28-3)21(26)24-23-20(25)10-6-14-5-8-17(27-2)16(22)12-14/h5,7-9,12-13H,4,6,10-11H2,1-3H3,(H,23,25)(H,24,26). The Morgan fingerprint density at radius 3 is 2.34 bits per heavy atom. The lowest BCUT2D eigenvalue weighted by atomic mass is 10.1. The monoisotopic (exact) mass is 420 g/mol. The van der Waals surface area contributed by atoms with Gasteiger partial charge in [0.1, 0.15) is 5.75 Å². The molecule has 0 unspecified atom stereocenters. The highest BCUT2D eigenvalue weighted by molar-refractivity contribution is 6.32. The highest BCUT2D eigenvalue weighted by Crippen LogP contribution is 2.28. The van der Waals surface area contributed by atoms with Crippen LogP contribution in [-0.2, 0) is 11.2 Å². The number of carbonyl (C=O) groups excluding carboxylic acids is 2. The van der Waals surface area contributed by atoms with Gasteiger partial charge in [0.2, 0.25) is 5.91 Å². The first-order valence-electron chi connectivity index (χ1n) is 9.21. The lowest BCUT2D eigenvalue weighted by Gasteiger charge is -2.12. The average Bonchev–Trinajstić information content (AvgIpc) is 2.74. The first-order chi connectivity index (χ1) is 14.0. The van der Waals surface area contributed by atoms with E-state index in [0.29, 0.717) is 40.9 Å². The molecule has 2 rings (SSSR count). The second-order valence-corrected chi connectivity index (χ2v) is 6.59. The minimum atomic E-state index is -0.453. The van der Waals surface area contributed by atoms with E-state index in [0.717, 1.165) is 12.0 Å². The Balaban J connectivity index is 1.86. The zero-order valence-corrected chi connectivity index (χ0v) is 17.5. The summed E-state index contributed by atoms with van der Waals surface area (Å²) in [5.41, 5.74) is 6.04. The molecule has 0 saturated carbocycles. The third kappa shape index (κ3) is 6.57. The van der Waals surface area contributed by atoms with E-state index in [1.54, 1.807) is 37.4 Å². The molecule has 0 spiro atoms. The second-order valence-electron chi connectivity index (χ2n) is 6.19. The summed E-state index contributed by atoms with van der Waals surface area (Å²) < 4.78 is 15.9. The Morgan fingerprint density at radius 1 is 0.966 bits per heavy atom.